The van der Waals surface area contributed by atoms with Gasteiger partial charge in [-0.2, -0.15) is 0 Å². The van der Waals surface area contributed by atoms with Gasteiger partial charge in [0.1, 0.15) is 0 Å². The Morgan fingerprint density at radius 1 is 1.54 bits per heavy atom. The minimum Gasteiger partial charge on any atom is -0.394 e. The van der Waals surface area contributed by atoms with Gasteiger partial charge in [-0.3, -0.25) is 0 Å². The van der Waals surface area contributed by atoms with Crippen molar-refractivity contribution in [3.05, 3.63) is 11.6 Å². The number of aliphatic hydroxyl groups excluding tert-OH is 3. The fourth-order valence-corrected chi connectivity index (χ4v) is 1.50. The van der Waals surface area contributed by atoms with E-state index in [0.717, 1.165) is 12.0 Å². The molecule has 0 aliphatic heterocycles. The Kier molecular flexibility index (Phi) is 3.44. The fraction of sp³-hybridized carbons (Fsp3) is 0.778. The SMILES string of the molecule is CC(O)C(N)C(C1=CC1)C(O)CO. The molecule has 0 heterocycles. The molecule has 4 atom stereocenters. The van der Waals surface area contributed by atoms with Crippen LogP contribution in [0.3, 0.4) is 0 Å². The van der Waals surface area contributed by atoms with Crippen LogP contribution in [-0.2, 0) is 0 Å². The maximum atomic E-state index is 9.47. The predicted octanol–water partition coefficient (Wildman–Crippen LogP) is -1.01. The molecule has 0 aromatic carbocycles. The third kappa shape index (κ3) is 2.51. The van der Waals surface area contributed by atoms with Gasteiger partial charge in [0.25, 0.3) is 0 Å². The molecule has 1 aliphatic rings. The van der Waals surface area contributed by atoms with E-state index < -0.39 is 18.2 Å². The topological polar surface area (TPSA) is 86.7 Å². The zero-order chi connectivity index (χ0) is 10.0. The summed E-state index contributed by atoms with van der Waals surface area (Å²) < 4.78 is 0. The molecule has 1 rings (SSSR count). The molecule has 4 heteroatoms. The molecule has 4 nitrogen and oxygen atoms in total. The number of nitrogens with two attached hydrogens (primary N) is 1. The Morgan fingerprint density at radius 3 is 2.38 bits per heavy atom. The minimum atomic E-state index is -0.863. The smallest absolute Gasteiger partial charge is 0.0851 e. The summed E-state index contributed by atoms with van der Waals surface area (Å²) in [6.07, 6.45) is 1.25. The maximum Gasteiger partial charge on any atom is 0.0851 e. The van der Waals surface area contributed by atoms with Gasteiger partial charge >= 0.3 is 0 Å². The zero-order valence-electron chi connectivity index (χ0n) is 7.72. The quantitative estimate of drug-likeness (QED) is 0.416. The van der Waals surface area contributed by atoms with E-state index in [0.29, 0.717) is 0 Å². The first-order valence-electron chi connectivity index (χ1n) is 4.49. The molecule has 76 valence electrons. The van der Waals surface area contributed by atoms with E-state index >= 15 is 0 Å². The van der Waals surface area contributed by atoms with Crippen LogP contribution in [0.5, 0.6) is 0 Å². The van der Waals surface area contributed by atoms with Gasteiger partial charge in [0, 0.05) is 12.0 Å². The molecule has 0 amide bonds. The molecule has 0 spiro atoms. The van der Waals surface area contributed by atoms with Crippen LogP contribution in [0, 0.1) is 5.92 Å². The lowest BCUT2D eigenvalue weighted by Gasteiger charge is -2.27. The Hall–Kier alpha value is -0.420. The first kappa shape index (κ1) is 10.7. The second-order valence-corrected chi connectivity index (χ2v) is 3.58. The van der Waals surface area contributed by atoms with Crippen LogP contribution in [-0.4, -0.2) is 40.2 Å². The highest BCUT2D eigenvalue weighted by atomic mass is 16.3. The summed E-state index contributed by atoms with van der Waals surface area (Å²) in [5.41, 5.74) is 6.75. The van der Waals surface area contributed by atoms with Crippen LogP contribution < -0.4 is 5.73 Å². The summed E-state index contributed by atoms with van der Waals surface area (Å²) in [4.78, 5) is 0. The van der Waals surface area contributed by atoms with Gasteiger partial charge in [0.2, 0.25) is 0 Å². The van der Waals surface area contributed by atoms with E-state index in [-0.39, 0.29) is 12.5 Å². The van der Waals surface area contributed by atoms with Crippen LogP contribution in [0.15, 0.2) is 11.6 Å². The van der Waals surface area contributed by atoms with E-state index in [4.69, 9.17) is 10.8 Å². The largest absolute Gasteiger partial charge is 0.394 e. The Labute approximate surface area is 77.7 Å². The Bertz CT molecular complexity index is 203. The average molecular weight is 187 g/mol. The molecule has 0 aromatic heterocycles. The van der Waals surface area contributed by atoms with Crippen molar-refractivity contribution in [3.63, 3.8) is 0 Å². The molecular formula is C9H17NO3. The average Bonchev–Trinajstić information content (AvgIpc) is 2.88. The molecule has 0 radical (unpaired) electrons. The second-order valence-electron chi connectivity index (χ2n) is 3.58. The van der Waals surface area contributed by atoms with Crippen molar-refractivity contribution in [2.24, 2.45) is 11.7 Å². The highest BCUT2D eigenvalue weighted by Crippen LogP contribution is 2.32. The van der Waals surface area contributed by atoms with Crippen LogP contribution in [0.1, 0.15) is 13.3 Å². The van der Waals surface area contributed by atoms with E-state index in [1.165, 1.54) is 0 Å². The van der Waals surface area contributed by atoms with Crippen molar-refractivity contribution in [3.8, 4) is 0 Å². The van der Waals surface area contributed by atoms with Gasteiger partial charge in [-0.05, 0) is 13.3 Å². The molecule has 0 fully saturated rings. The lowest BCUT2D eigenvalue weighted by atomic mass is 9.89. The molecule has 0 bridgehead atoms. The van der Waals surface area contributed by atoms with Gasteiger partial charge in [-0.15, -0.1) is 0 Å². The van der Waals surface area contributed by atoms with Crippen molar-refractivity contribution < 1.29 is 15.3 Å². The number of rotatable bonds is 5. The third-order valence-corrected chi connectivity index (χ3v) is 2.44. The molecular weight excluding hydrogens is 170 g/mol. The minimum absolute atomic E-state index is 0.301. The number of aliphatic hydroxyl groups is 3. The summed E-state index contributed by atoms with van der Waals surface area (Å²) in [6.45, 7) is 1.27. The first-order chi connectivity index (χ1) is 6.07. The van der Waals surface area contributed by atoms with Crippen molar-refractivity contribution in [1.82, 2.24) is 0 Å². The molecule has 5 N–H and O–H groups in total. The summed E-state index contributed by atoms with van der Waals surface area (Å²) in [5, 5.41) is 27.5. The lowest BCUT2D eigenvalue weighted by molar-refractivity contribution is 0.0286. The zero-order valence-corrected chi connectivity index (χ0v) is 7.72. The van der Waals surface area contributed by atoms with Crippen LogP contribution >= 0.6 is 0 Å². The van der Waals surface area contributed by atoms with Gasteiger partial charge < -0.3 is 21.1 Å². The van der Waals surface area contributed by atoms with Crippen molar-refractivity contribution in [1.29, 1.82) is 0 Å². The van der Waals surface area contributed by atoms with Crippen molar-refractivity contribution in [2.45, 2.75) is 31.6 Å². The Balaban J connectivity index is 2.61. The predicted molar refractivity (Wildman–Crippen MR) is 48.9 cm³/mol. The van der Waals surface area contributed by atoms with Crippen LogP contribution in [0.25, 0.3) is 0 Å². The molecule has 1 aliphatic carbocycles. The maximum absolute atomic E-state index is 9.47. The van der Waals surface area contributed by atoms with Crippen molar-refractivity contribution >= 4 is 0 Å². The van der Waals surface area contributed by atoms with Crippen LogP contribution in [0.4, 0.5) is 0 Å². The van der Waals surface area contributed by atoms with Gasteiger partial charge in [-0.25, -0.2) is 0 Å². The van der Waals surface area contributed by atoms with Crippen molar-refractivity contribution in [2.75, 3.05) is 6.61 Å². The number of hydrogen-bond acceptors (Lipinski definition) is 4. The monoisotopic (exact) mass is 187 g/mol. The van der Waals surface area contributed by atoms with E-state index in [1.807, 2.05) is 6.08 Å². The fourth-order valence-electron chi connectivity index (χ4n) is 1.50. The Morgan fingerprint density at radius 2 is 2.08 bits per heavy atom. The first-order valence-corrected chi connectivity index (χ1v) is 4.49. The molecule has 4 unspecified atom stereocenters. The summed E-state index contributed by atoms with van der Waals surface area (Å²) >= 11 is 0. The highest BCUT2D eigenvalue weighted by molar-refractivity contribution is 5.28. The second kappa shape index (κ2) is 4.19. The molecule has 13 heavy (non-hydrogen) atoms. The summed E-state index contributed by atoms with van der Waals surface area (Å²) in [5.74, 6) is -0.301. The summed E-state index contributed by atoms with van der Waals surface area (Å²) in [7, 11) is 0. The number of allylic oxidation sites excluding steroid dienone is 1. The summed E-state index contributed by atoms with van der Waals surface area (Å²) in [6, 6.07) is -0.504. The van der Waals surface area contributed by atoms with Gasteiger partial charge in [0.05, 0.1) is 18.8 Å². The van der Waals surface area contributed by atoms with Gasteiger partial charge in [-0.1, -0.05) is 11.6 Å². The molecule has 0 saturated carbocycles. The lowest BCUT2D eigenvalue weighted by Crippen LogP contribution is -2.45. The van der Waals surface area contributed by atoms with E-state index in [1.54, 1.807) is 6.92 Å². The van der Waals surface area contributed by atoms with E-state index in [9.17, 15) is 10.2 Å². The normalized spacial score (nSPS) is 24.5. The molecule has 0 aromatic rings. The van der Waals surface area contributed by atoms with Crippen LogP contribution in [0.2, 0.25) is 0 Å². The van der Waals surface area contributed by atoms with E-state index in [2.05, 4.69) is 0 Å². The van der Waals surface area contributed by atoms with Gasteiger partial charge in [0.15, 0.2) is 0 Å². The third-order valence-electron chi connectivity index (χ3n) is 2.44. The molecule has 0 saturated heterocycles. The standard InChI is InChI=1S/C9H17NO3/c1-5(12)9(10)8(6-2-3-6)7(13)4-11/h2,5,7-9,11-13H,3-4,10H2,1H3. The highest BCUT2D eigenvalue weighted by Gasteiger charge is 2.34. The number of hydrogen-bond donors (Lipinski definition) is 4.